The molecule has 0 aromatic carbocycles. The van der Waals surface area contributed by atoms with Gasteiger partial charge >= 0.3 is 11.9 Å². The number of hydrogen-bond acceptors (Lipinski definition) is 7. The molecule has 0 saturated carbocycles. The van der Waals surface area contributed by atoms with Gasteiger partial charge in [-0.3, -0.25) is 0 Å². The summed E-state index contributed by atoms with van der Waals surface area (Å²) in [4.78, 5) is 23.5. The molecule has 0 radical (unpaired) electrons. The van der Waals surface area contributed by atoms with Crippen LogP contribution in [-0.2, 0) is 29.1 Å². The zero-order valence-corrected chi connectivity index (χ0v) is 13.8. The van der Waals surface area contributed by atoms with E-state index >= 15 is 0 Å². The van der Waals surface area contributed by atoms with Crippen LogP contribution in [0.2, 0.25) is 0 Å². The number of thioether (sulfide) groups is 1. The lowest BCUT2D eigenvalue weighted by Gasteiger charge is -2.25. The molecule has 6 unspecified atom stereocenters. The van der Waals surface area contributed by atoms with Crippen molar-refractivity contribution < 1.29 is 27.5 Å². The van der Waals surface area contributed by atoms with Crippen LogP contribution >= 0.6 is 11.8 Å². The standard InChI is InChI=1S/C13H17NO6S2/c1-5(2)12(15)19-6(3)13(16)20-10-7-4-8-11(21-7)9(10)14-22(8,17)18/h6-11,14H,1,4H2,2-3H3. The van der Waals surface area contributed by atoms with Gasteiger partial charge in [-0.05, 0) is 20.3 Å². The third kappa shape index (κ3) is 2.44. The Morgan fingerprint density at radius 1 is 1.41 bits per heavy atom. The van der Waals surface area contributed by atoms with E-state index in [0.29, 0.717) is 6.42 Å². The molecule has 0 spiro atoms. The number of fused-ring (bicyclic) bond motifs is 1. The molecule has 7 nitrogen and oxygen atoms in total. The Balaban J connectivity index is 1.64. The number of nitrogens with one attached hydrogen (secondary N) is 1. The molecule has 1 N–H and O–H groups in total. The molecule has 0 amide bonds. The fourth-order valence-electron chi connectivity index (χ4n) is 3.06. The normalized spacial score (nSPS) is 38.5. The van der Waals surface area contributed by atoms with Gasteiger partial charge in [0.05, 0.1) is 11.3 Å². The van der Waals surface area contributed by atoms with Crippen molar-refractivity contribution in [1.29, 1.82) is 0 Å². The van der Waals surface area contributed by atoms with Crippen LogP contribution in [0.3, 0.4) is 0 Å². The van der Waals surface area contributed by atoms with Crippen LogP contribution in [0.4, 0.5) is 0 Å². The molecule has 3 aliphatic rings. The first-order valence-corrected chi connectivity index (χ1v) is 9.43. The Morgan fingerprint density at radius 3 is 2.73 bits per heavy atom. The molecular formula is C13H17NO6S2. The zero-order chi connectivity index (χ0) is 16.2. The van der Waals surface area contributed by atoms with Crippen LogP contribution in [0.15, 0.2) is 12.2 Å². The molecule has 6 atom stereocenters. The van der Waals surface area contributed by atoms with Crippen molar-refractivity contribution in [2.45, 2.75) is 54.3 Å². The van der Waals surface area contributed by atoms with E-state index in [1.54, 1.807) is 11.8 Å². The maximum atomic E-state index is 12.1. The highest BCUT2D eigenvalue weighted by Gasteiger charge is 2.64. The van der Waals surface area contributed by atoms with Gasteiger partial charge in [-0.2, -0.15) is 0 Å². The van der Waals surface area contributed by atoms with Crippen molar-refractivity contribution in [1.82, 2.24) is 4.72 Å². The maximum absolute atomic E-state index is 12.1. The summed E-state index contributed by atoms with van der Waals surface area (Å²) < 4.78 is 36.8. The molecule has 3 aliphatic heterocycles. The van der Waals surface area contributed by atoms with Crippen molar-refractivity contribution in [3.05, 3.63) is 12.2 Å². The van der Waals surface area contributed by atoms with Crippen molar-refractivity contribution in [2.75, 3.05) is 0 Å². The summed E-state index contributed by atoms with van der Waals surface area (Å²) >= 11 is 1.55. The second-order valence-corrected chi connectivity index (χ2v) is 9.18. The van der Waals surface area contributed by atoms with Gasteiger partial charge in [-0.1, -0.05) is 6.58 Å². The summed E-state index contributed by atoms with van der Waals surface area (Å²) in [6.07, 6.45) is -1.08. The van der Waals surface area contributed by atoms with Gasteiger partial charge in [0.15, 0.2) is 6.10 Å². The van der Waals surface area contributed by atoms with Crippen LogP contribution in [0.1, 0.15) is 20.3 Å². The van der Waals surface area contributed by atoms with E-state index in [1.807, 2.05) is 0 Å². The molecule has 0 aromatic rings. The third-order valence-electron chi connectivity index (χ3n) is 4.15. The average molecular weight is 347 g/mol. The lowest BCUT2D eigenvalue weighted by atomic mass is 9.93. The minimum atomic E-state index is -3.31. The first kappa shape index (κ1) is 15.8. The predicted molar refractivity (Wildman–Crippen MR) is 79.7 cm³/mol. The van der Waals surface area contributed by atoms with E-state index < -0.39 is 34.2 Å². The summed E-state index contributed by atoms with van der Waals surface area (Å²) in [5, 5.41) is -0.486. The SMILES string of the molecule is C=C(C)C(=O)OC(C)C(=O)OC1C2CC3C(S2)C1NS3(=O)=O. The Hall–Kier alpha value is -1.06. The van der Waals surface area contributed by atoms with Crippen LogP contribution < -0.4 is 4.72 Å². The number of sulfonamides is 1. The number of hydrogen-bond donors (Lipinski definition) is 1. The van der Waals surface area contributed by atoms with Gasteiger partial charge in [0.25, 0.3) is 0 Å². The van der Waals surface area contributed by atoms with Gasteiger partial charge in [0, 0.05) is 16.1 Å². The van der Waals surface area contributed by atoms with Crippen molar-refractivity contribution >= 4 is 33.7 Å². The van der Waals surface area contributed by atoms with Crippen molar-refractivity contribution in [3.8, 4) is 0 Å². The highest BCUT2D eigenvalue weighted by Crippen LogP contribution is 2.53. The largest absolute Gasteiger partial charge is 0.457 e. The first-order valence-electron chi connectivity index (χ1n) is 6.94. The minimum absolute atomic E-state index is 0.0298. The number of carbonyl (C=O) groups excluding carboxylic acids is 2. The minimum Gasteiger partial charge on any atom is -0.457 e. The molecule has 3 heterocycles. The monoisotopic (exact) mass is 347 g/mol. The van der Waals surface area contributed by atoms with E-state index in [-0.39, 0.29) is 27.4 Å². The summed E-state index contributed by atoms with van der Waals surface area (Å²) in [7, 11) is -3.31. The highest BCUT2D eigenvalue weighted by molar-refractivity contribution is 8.03. The fourth-order valence-corrected chi connectivity index (χ4v) is 7.49. The smallest absolute Gasteiger partial charge is 0.347 e. The molecule has 3 rings (SSSR count). The Bertz CT molecular complexity index is 645. The second kappa shape index (κ2) is 5.24. The maximum Gasteiger partial charge on any atom is 0.347 e. The fraction of sp³-hybridized carbons (Fsp3) is 0.692. The van der Waals surface area contributed by atoms with Gasteiger partial charge in [-0.15, -0.1) is 11.8 Å². The molecular weight excluding hydrogens is 330 g/mol. The molecule has 0 aromatic heterocycles. The predicted octanol–water partition coefficient (Wildman–Crippen LogP) is -0.0361. The summed E-state index contributed by atoms with van der Waals surface area (Å²) in [6.45, 7) is 6.35. The van der Waals surface area contributed by atoms with Gasteiger partial charge in [-0.25, -0.2) is 22.7 Å². The summed E-state index contributed by atoms with van der Waals surface area (Å²) in [5.41, 5.74) is 0.196. The molecule has 0 aliphatic carbocycles. The lowest BCUT2D eigenvalue weighted by molar-refractivity contribution is -0.169. The first-order chi connectivity index (χ1) is 10.2. The van der Waals surface area contributed by atoms with E-state index in [0.717, 1.165) is 0 Å². The van der Waals surface area contributed by atoms with E-state index in [2.05, 4.69) is 11.3 Å². The Labute approximate surface area is 132 Å². The van der Waals surface area contributed by atoms with Gasteiger partial charge in [0.2, 0.25) is 10.0 Å². The molecule has 122 valence electrons. The van der Waals surface area contributed by atoms with E-state index in [1.165, 1.54) is 13.8 Å². The van der Waals surface area contributed by atoms with Crippen LogP contribution in [0.5, 0.6) is 0 Å². The Morgan fingerprint density at radius 2 is 2.09 bits per heavy atom. The summed E-state index contributed by atoms with van der Waals surface area (Å²) in [6, 6.07) is -0.383. The van der Waals surface area contributed by atoms with Crippen molar-refractivity contribution in [3.63, 3.8) is 0 Å². The van der Waals surface area contributed by atoms with Crippen LogP contribution in [0, 0.1) is 0 Å². The second-order valence-electron chi connectivity index (χ2n) is 5.83. The quantitative estimate of drug-likeness (QED) is 0.563. The van der Waals surface area contributed by atoms with Crippen LogP contribution in [-0.4, -0.2) is 54.4 Å². The highest BCUT2D eigenvalue weighted by atomic mass is 32.2. The zero-order valence-electron chi connectivity index (χ0n) is 12.1. The Kier molecular flexibility index (Phi) is 3.77. The number of carbonyl (C=O) groups is 2. The van der Waals surface area contributed by atoms with E-state index in [4.69, 9.17) is 9.47 Å². The lowest BCUT2D eigenvalue weighted by Crippen LogP contribution is -2.46. The average Bonchev–Trinajstić information content (AvgIpc) is 3.02. The number of esters is 2. The van der Waals surface area contributed by atoms with E-state index in [9.17, 15) is 18.0 Å². The van der Waals surface area contributed by atoms with Gasteiger partial charge in [0.1, 0.15) is 6.10 Å². The molecule has 22 heavy (non-hydrogen) atoms. The number of rotatable bonds is 4. The van der Waals surface area contributed by atoms with Gasteiger partial charge < -0.3 is 9.47 Å². The third-order valence-corrected chi connectivity index (χ3v) is 7.95. The molecule has 3 saturated heterocycles. The summed E-state index contributed by atoms with van der Waals surface area (Å²) in [5.74, 6) is -1.33. The molecule has 9 heteroatoms. The molecule has 2 bridgehead atoms. The van der Waals surface area contributed by atoms with Crippen molar-refractivity contribution in [2.24, 2.45) is 0 Å². The molecule has 3 fully saturated rings. The number of ether oxygens (including phenoxy) is 2. The van der Waals surface area contributed by atoms with Crippen LogP contribution in [0.25, 0.3) is 0 Å². The topological polar surface area (TPSA) is 98.8 Å².